The SMILES string of the molecule is c1ncc(N2CCNCC2)cc1OCC1CC1. The normalized spacial score (nSPS) is 20.4. The van der Waals surface area contributed by atoms with Gasteiger partial charge in [0.25, 0.3) is 0 Å². The van der Waals surface area contributed by atoms with Crippen LogP contribution in [0.3, 0.4) is 0 Å². The average Bonchev–Trinajstić information content (AvgIpc) is 3.22. The molecule has 1 saturated heterocycles. The zero-order chi connectivity index (χ0) is 11.5. The van der Waals surface area contributed by atoms with Crippen molar-refractivity contribution in [1.29, 1.82) is 0 Å². The second-order valence-corrected chi connectivity index (χ2v) is 4.87. The predicted octanol–water partition coefficient (Wildman–Crippen LogP) is 1.28. The van der Waals surface area contributed by atoms with Crippen LogP contribution in [0.2, 0.25) is 0 Å². The van der Waals surface area contributed by atoms with Gasteiger partial charge in [0, 0.05) is 32.2 Å². The molecule has 0 aromatic carbocycles. The molecule has 0 spiro atoms. The molecule has 3 rings (SSSR count). The van der Waals surface area contributed by atoms with Crippen molar-refractivity contribution in [1.82, 2.24) is 10.3 Å². The van der Waals surface area contributed by atoms with Gasteiger partial charge in [-0.05, 0) is 18.8 Å². The summed E-state index contributed by atoms with van der Waals surface area (Å²) in [4.78, 5) is 6.63. The lowest BCUT2D eigenvalue weighted by molar-refractivity contribution is 0.298. The van der Waals surface area contributed by atoms with Crippen LogP contribution in [-0.2, 0) is 0 Å². The van der Waals surface area contributed by atoms with E-state index in [1.165, 1.54) is 18.5 Å². The molecule has 1 saturated carbocycles. The van der Waals surface area contributed by atoms with E-state index in [4.69, 9.17) is 4.74 Å². The van der Waals surface area contributed by atoms with Gasteiger partial charge < -0.3 is 15.0 Å². The number of nitrogens with one attached hydrogen (secondary N) is 1. The third-order valence-corrected chi connectivity index (χ3v) is 3.36. The number of rotatable bonds is 4. The molecule has 4 nitrogen and oxygen atoms in total. The van der Waals surface area contributed by atoms with E-state index in [2.05, 4.69) is 21.3 Å². The summed E-state index contributed by atoms with van der Waals surface area (Å²) >= 11 is 0. The van der Waals surface area contributed by atoms with Crippen molar-refractivity contribution in [3.8, 4) is 5.75 Å². The summed E-state index contributed by atoms with van der Waals surface area (Å²) in [7, 11) is 0. The zero-order valence-electron chi connectivity index (χ0n) is 10.1. The van der Waals surface area contributed by atoms with Crippen molar-refractivity contribution in [2.75, 3.05) is 37.7 Å². The third-order valence-electron chi connectivity index (χ3n) is 3.36. The van der Waals surface area contributed by atoms with Gasteiger partial charge >= 0.3 is 0 Å². The Hall–Kier alpha value is -1.29. The van der Waals surface area contributed by atoms with E-state index >= 15 is 0 Å². The molecule has 0 unspecified atom stereocenters. The van der Waals surface area contributed by atoms with Crippen LogP contribution in [0.1, 0.15) is 12.8 Å². The molecule has 0 radical (unpaired) electrons. The Labute approximate surface area is 102 Å². The summed E-state index contributed by atoms with van der Waals surface area (Å²) in [5.41, 5.74) is 1.18. The minimum atomic E-state index is 0.790. The van der Waals surface area contributed by atoms with Crippen LogP contribution >= 0.6 is 0 Å². The second-order valence-electron chi connectivity index (χ2n) is 4.87. The minimum absolute atomic E-state index is 0.790. The lowest BCUT2D eigenvalue weighted by atomic mass is 10.3. The van der Waals surface area contributed by atoms with Crippen molar-refractivity contribution in [3.63, 3.8) is 0 Å². The molecule has 2 fully saturated rings. The molecule has 4 heteroatoms. The molecule has 1 aliphatic carbocycles. The highest BCUT2D eigenvalue weighted by atomic mass is 16.5. The van der Waals surface area contributed by atoms with Gasteiger partial charge in [-0.15, -0.1) is 0 Å². The Kier molecular flexibility index (Phi) is 3.14. The summed E-state index contributed by atoms with van der Waals surface area (Å²) in [5, 5.41) is 3.35. The average molecular weight is 233 g/mol. The maximum Gasteiger partial charge on any atom is 0.139 e. The van der Waals surface area contributed by atoms with Crippen LogP contribution in [0, 0.1) is 5.92 Å². The first-order valence-electron chi connectivity index (χ1n) is 6.45. The van der Waals surface area contributed by atoms with E-state index in [1.807, 2.05) is 12.4 Å². The molecule has 0 atom stereocenters. The molecule has 2 heterocycles. The highest BCUT2D eigenvalue weighted by molar-refractivity contribution is 5.48. The van der Waals surface area contributed by atoms with E-state index in [-0.39, 0.29) is 0 Å². The molecule has 0 amide bonds. The molecule has 2 aliphatic rings. The molecule has 1 aromatic heterocycles. The number of hydrogen-bond donors (Lipinski definition) is 1. The van der Waals surface area contributed by atoms with E-state index in [0.29, 0.717) is 0 Å². The van der Waals surface area contributed by atoms with Gasteiger partial charge in [0.15, 0.2) is 0 Å². The van der Waals surface area contributed by atoms with Crippen molar-refractivity contribution < 1.29 is 4.74 Å². The topological polar surface area (TPSA) is 37.4 Å². The van der Waals surface area contributed by atoms with Gasteiger partial charge in [-0.3, -0.25) is 4.98 Å². The largest absolute Gasteiger partial charge is 0.492 e. The number of pyridine rings is 1. The molecular weight excluding hydrogens is 214 g/mol. The second kappa shape index (κ2) is 4.92. The summed E-state index contributed by atoms with van der Waals surface area (Å²) in [5.74, 6) is 1.70. The number of aromatic nitrogens is 1. The zero-order valence-corrected chi connectivity index (χ0v) is 10.1. The van der Waals surface area contributed by atoms with Crippen molar-refractivity contribution in [2.45, 2.75) is 12.8 Å². The molecule has 0 bridgehead atoms. The van der Waals surface area contributed by atoms with E-state index in [0.717, 1.165) is 44.5 Å². The van der Waals surface area contributed by atoms with Crippen LogP contribution in [0.4, 0.5) is 5.69 Å². The third kappa shape index (κ3) is 2.88. The van der Waals surface area contributed by atoms with Crippen LogP contribution in [0.15, 0.2) is 18.5 Å². The van der Waals surface area contributed by atoms with Crippen LogP contribution in [0.25, 0.3) is 0 Å². The maximum absolute atomic E-state index is 5.76. The summed E-state index contributed by atoms with van der Waals surface area (Å²) in [6.45, 7) is 5.05. The van der Waals surface area contributed by atoms with Crippen LogP contribution < -0.4 is 15.0 Å². The molecule has 1 aliphatic heterocycles. The Morgan fingerprint density at radius 3 is 2.88 bits per heavy atom. The lowest BCUT2D eigenvalue weighted by Gasteiger charge is -2.29. The summed E-state index contributed by atoms with van der Waals surface area (Å²) in [6, 6.07) is 2.11. The van der Waals surface area contributed by atoms with E-state index < -0.39 is 0 Å². The Morgan fingerprint density at radius 2 is 2.12 bits per heavy atom. The Balaban J connectivity index is 1.64. The highest BCUT2D eigenvalue weighted by Gasteiger charge is 2.22. The number of ether oxygens (including phenoxy) is 1. The molecule has 92 valence electrons. The fourth-order valence-electron chi connectivity index (χ4n) is 2.08. The Bertz CT molecular complexity index is 373. The molecule has 17 heavy (non-hydrogen) atoms. The van der Waals surface area contributed by atoms with Crippen molar-refractivity contribution in [3.05, 3.63) is 18.5 Å². The number of nitrogens with zero attached hydrogens (tertiary/aromatic N) is 2. The molecule has 1 aromatic rings. The quantitative estimate of drug-likeness (QED) is 0.850. The van der Waals surface area contributed by atoms with Gasteiger partial charge in [0.05, 0.1) is 24.7 Å². The minimum Gasteiger partial charge on any atom is -0.492 e. The van der Waals surface area contributed by atoms with E-state index in [1.54, 1.807) is 0 Å². The first-order chi connectivity index (χ1) is 8.42. The van der Waals surface area contributed by atoms with Gasteiger partial charge in [0.1, 0.15) is 5.75 Å². The fourth-order valence-corrected chi connectivity index (χ4v) is 2.08. The van der Waals surface area contributed by atoms with Crippen LogP contribution in [-0.4, -0.2) is 37.8 Å². The number of anilines is 1. The van der Waals surface area contributed by atoms with Gasteiger partial charge in [-0.25, -0.2) is 0 Å². The lowest BCUT2D eigenvalue weighted by Crippen LogP contribution is -2.43. The summed E-state index contributed by atoms with van der Waals surface area (Å²) < 4.78 is 5.76. The number of piperazine rings is 1. The van der Waals surface area contributed by atoms with Gasteiger partial charge in [-0.1, -0.05) is 0 Å². The maximum atomic E-state index is 5.76. The van der Waals surface area contributed by atoms with Gasteiger partial charge in [0.2, 0.25) is 0 Å². The highest BCUT2D eigenvalue weighted by Crippen LogP contribution is 2.30. The predicted molar refractivity (Wildman–Crippen MR) is 67.5 cm³/mol. The van der Waals surface area contributed by atoms with Crippen molar-refractivity contribution in [2.24, 2.45) is 5.92 Å². The van der Waals surface area contributed by atoms with E-state index in [9.17, 15) is 0 Å². The number of hydrogen-bond acceptors (Lipinski definition) is 4. The smallest absolute Gasteiger partial charge is 0.139 e. The fraction of sp³-hybridized carbons (Fsp3) is 0.615. The standard InChI is InChI=1S/C13H19N3O/c1-2-11(1)10-17-13-7-12(8-15-9-13)16-5-3-14-4-6-16/h7-9,11,14H,1-6,10H2. The first kappa shape index (κ1) is 10.8. The summed E-state index contributed by atoms with van der Waals surface area (Å²) in [6.07, 6.45) is 6.39. The van der Waals surface area contributed by atoms with Gasteiger partial charge in [-0.2, -0.15) is 0 Å². The monoisotopic (exact) mass is 233 g/mol. The first-order valence-corrected chi connectivity index (χ1v) is 6.45. The van der Waals surface area contributed by atoms with Crippen LogP contribution in [0.5, 0.6) is 5.75 Å². The molecular formula is C13H19N3O. The molecule has 1 N–H and O–H groups in total. The Morgan fingerprint density at radius 1 is 1.29 bits per heavy atom. The van der Waals surface area contributed by atoms with Crippen molar-refractivity contribution >= 4 is 5.69 Å².